The molecule has 88 heavy (non-hydrogen) atoms. The average Bonchev–Trinajstić information content (AvgIpc) is 1.19. The van der Waals surface area contributed by atoms with Crippen molar-refractivity contribution in [2.45, 2.75) is 261 Å². The zero-order valence-electron chi connectivity index (χ0n) is 51.6. The van der Waals surface area contributed by atoms with E-state index in [1.54, 1.807) is 6.08 Å². The zero-order valence-corrected chi connectivity index (χ0v) is 51.6. The third-order valence-corrected chi connectivity index (χ3v) is 20.7. The number of allylic oxidation sites excluding steroid dienone is 6. The van der Waals surface area contributed by atoms with Crippen molar-refractivity contribution in [2.24, 2.45) is 34.0 Å². The number of hydrogen-bond donors (Lipinski definition) is 14. The van der Waals surface area contributed by atoms with Crippen molar-refractivity contribution in [3.8, 4) is 0 Å². The average molecular weight is 1260 g/mol. The van der Waals surface area contributed by atoms with Crippen molar-refractivity contribution in [2.75, 3.05) is 33.0 Å². The summed E-state index contributed by atoms with van der Waals surface area (Å²) >= 11 is 0. The minimum atomic E-state index is -1.93. The number of ether oxygens (including phenoxy) is 10. The van der Waals surface area contributed by atoms with Gasteiger partial charge in [0.25, 0.3) is 0 Å². The number of ketones is 1. The van der Waals surface area contributed by atoms with E-state index in [-0.39, 0.29) is 28.4 Å². The van der Waals surface area contributed by atoms with Gasteiger partial charge in [0.1, 0.15) is 110 Å². The first-order valence-corrected chi connectivity index (χ1v) is 31.1. The number of carbonyl (C=O) groups excluding carboxylic acids is 3. The van der Waals surface area contributed by atoms with Crippen molar-refractivity contribution in [1.29, 1.82) is 0 Å². The van der Waals surface area contributed by atoms with Gasteiger partial charge in [0.15, 0.2) is 37.2 Å². The van der Waals surface area contributed by atoms with Crippen LogP contribution in [-0.2, 0) is 61.8 Å². The van der Waals surface area contributed by atoms with Crippen molar-refractivity contribution < 1.29 is 123 Å². The number of amides is 2. The number of nitrogens with one attached hydrogen (secondary N) is 2. The number of hydrogen-bond acceptors (Lipinski definition) is 25. The Hall–Kier alpha value is -3.05. The van der Waals surface area contributed by atoms with Crippen LogP contribution in [0.5, 0.6) is 0 Å². The van der Waals surface area contributed by atoms with E-state index in [0.717, 1.165) is 57.9 Å². The van der Waals surface area contributed by atoms with Crippen molar-refractivity contribution >= 4 is 17.6 Å². The largest absolute Gasteiger partial charge is 0.394 e. The molecule has 5 heterocycles. The molecule has 29 atom stereocenters. The lowest BCUT2D eigenvalue weighted by Crippen LogP contribution is -2.68. The van der Waals surface area contributed by atoms with Crippen LogP contribution in [0.25, 0.3) is 0 Å². The van der Waals surface area contributed by atoms with Gasteiger partial charge in [0.05, 0.1) is 39.1 Å². The first-order valence-electron chi connectivity index (χ1n) is 31.1. The second kappa shape index (κ2) is 27.9. The summed E-state index contributed by atoms with van der Waals surface area (Å²) in [6.07, 6.45) is -25.6. The summed E-state index contributed by atoms with van der Waals surface area (Å²) in [4.78, 5) is 38.3. The first-order chi connectivity index (χ1) is 41.4. The molecule has 0 bridgehead atoms. The Morgan fingerprint density at radius 1 is 0.625 bits per heavy atom. The van der Waals surface area contributed by atoms with Crippen LogP contribution in [-0.4, -0.2) is 259 Å². The normalized spacial score (nSPS) is 46.3. The third-order valence-electron chi connectivity index (χ3n) is 20.7. The van der Waals surface area contributed by atoms with E-state index in [2.05, 4.69) is 51.3 Å². The maximum Gasteiger partial charge on any atom is 0.217 e. The molecule has 0 spiro atoms. The van der Waals surface area contributed by atoms with Crippen LogP contribution in [0.1, 0.15) is 114 Å². The van der Waals surface area contributed by atoms with Crippen LogP contribution in [0.4, 0.5) is 0 Å². The predicted molar refractivity (Wildman–Crippen MR) is 303 cm³/mol. The van der Waals surface area contributed by atoms with Gasteiger partial charge in [0, 0.05) is 20.3 Å². The van der Waals surface area contributed by atoms with E-state index in [0.29, 0.717) is 18.8 Å². The summed E-state index contributed by atoms with van der Waals surface area (Å²) in [7, 11) is 0. The summed E-state index contributed by atoms with van der Waals surface area (Å²) in [5, 5.41) is 136. The monoisotopic (exact) mass is 1260 g/mol. The zero-order chi connectivity index (χ0) is 64.2. The van der Waals surface area contributed by atoms with Gasteiger partial charge in [-0.1, -0.05) is 51.8 Å². The van der Waals surface area contributed by atoms with Crippen LogP contribution < -0.4 is 10.6 Å². The lowest BCUT2D eigenvalue weighted by molar-refractivity contribution is -0.375. The quantitative estimate of drug-likeness (QED) is 0.0615. The molecule has 5 aliphatic heterocycles. The van der Waals surface area contributed by atoms with Crippen molar-refractivity contribution in [3.05, 3.63) is 34.4 Å². The van der Waals surface area contributed by atoms with Crippen molar-refractivity contribution in [3.63, 3.8) is 0 Å². The first kappa shape index (κ1) is 69.3. The molecule has 6 fully saturated rings. The summed E-state index contributed by atoms with van der Waals surface area (Å²) in [5.74, 6) is -0.544. The second-order valence-electron chi connectivity index (χ2n) is 27.2. The molecular weight excluding hydrogens is 1160 g/mol. The van der Waals surface area contributed by atoms with Gasteiger partial charge in [-0.3, -0.25) is 14.4 Å². The number of aliphatic hydroxyl groups is 12. The van der Waals surface area contributed by atoms with Crippen LogP contribution in [0.2, 0.25) is 0 Å². The Morgan fingerprint density at radius 2 is 1.19 bits per heavy atom. The lowest BCUT2D eigenvalue weighted by Gasteiger charge is -2.60. The van der Waals surface area contributed by atoms with Gasteiger partial charge in [0.2, 0.25) is 11.8 Å². The number of rotatable bonds is 19. The molecule has 0 aromatic carbocycles. The van der Waals surface area contributed by atoms with Gasteiger partial charge in [-0.05, 0) is 110 Å². The highest BCUT2D eigenvalue weighted by Gasteiger charge is 2.61. The highest BCUT2D eigenvalue weighted by atomic mass is 16.8. The smallest absolute Gasteiger partial charge is 0.217 e. The maximum atomic E-state index is 13.0. The molecular formula is C61H96N2O25. The summed E-state index contributed by atoms with van der Waals surface area (Å²) in [6, 6.07) is -3.01. The number of carbonyl (C=O) groups is 3. The third kappa shape index (κ3) is 13.7. The van der Waals surface area contributed by atoms with Crippen LogP contribution >= 0.6 is 0 Å². The standard InChI is InChI=1S/C61H96N2O25/c1-25(2)18-29(68)19-26(3)31-11-12-32-30-10-13-39-59(6,7)40(15-17-61(39,9)33(30)14-16-60(31,32)8)86-58-53(47(74)38(24-81-58)85-54-41(62-27(4)66)48(75)44(71)35(20-64)82-54)87-55-42(63-28(5)67)49(76)46(73)37(84-55)23-80-57-52(43(70)34(69)22-79-57)88-56-51(78)50(77)45(72)36(21-65)83-56/h12,18,26,31,34-58,64-65,69-78H,10-11,13-17,19-24H2,1-9H3,(H,62,66)(H,63,67)/t26-,31-,34-,35-,36-,37-,38-,39+,40+,41-,42-,43+,44+,45-,46-,47+,48-,49-,50+,51-,52-,53-,54+,55+,56+,57+,58+,60-,61-/m1/s1. The summed E-state index contributed by atoms with van der Waals surface area (Å²) in [6.45, 7) is 14.2. The molecule has 5 saturated heterocycles. The molecule has 0 radical (unpaired) electrons. The molecule has 0 aromatic rings. The molecule has 500 valence electrons. The Bertz CT molecular complexity index is 2550. The van der Waals surface area contributed by atoms with Gasteiger partial charge < -0.3 is 119 Å². The van der Waals surface area contributed by atoms with Gasteiger partial charge in [-0.15, -0.1) is 0 Å². The molecule has 9 rings (SSSR count). The molecule has 1 saturated carbocycles. The van der Waals surface area contributed by atoms with E-state index in [1.807, 2.05) is 13.8 Å². The fraction of sp³-hybridized carbons (Fsp3) is 0.852. The highest BCUT2D eigenvalue weighted by molar-refractivity contribution is 5.90. The summed E-state index contributed by atoms with van der Waals surface area (Å²) < 4.78 is 61.7. The van der Waals surface area contributed by atoms with Crippen LogP contribution in [0, 0.1) is 34.0 Å². The van der Waals surface area contributed by atoms with Gasteiger partial charge >= 0.3 is 0 Å². The lowest BCUT2D eigenvalue weighted by atomic mass is 9.46. The molecule has 27 heteroatoms. The molecule has 0 aromatic heterocycles. The summed E-state index contributed by atoms with van der Waals surface area (Å²) in [5.41, 5.74) is 4.46. The predicted octanol–water partition coefficient (Wildman–Crippen LogP) is -2.13. The molecule has 9 aliphatic rings. The fourth-order valence-electron chi connectivity index (χ4n) is 16.0. The minimum Gasteiger partial charge on any atom is -0.394 e. The minimum absolute atomic E-state index is 0.0635. The SMILES string of the molecule is CC(=O)N[C@H]1[C@H](O[C@@H]2CO[C@@H](O[C@H]3CC[C@]4(C)C5=C(CC[C@H]4C3(C)C)C3=CC[C@H]([C@H](C)CC(=O)C=C(C)C)[C@@]3(C)CC5)[C@H](O[C@@H]3O[C@H](CO[C@@H]4OC[C@@H](O)[C@H](O)[C@H]4O[C@@H]4O[C@H](CO)[C@@H](O)[C@H](O)[C@H]4O)[C@@H](O)[C@H](O)[C@H]3NC(C)=O)[C@H]2O)O[C@H](CO)[C@H](O)[C@@H]1O. The van der Waals surface area contributed by atoms with Gasteiger partial charge in [-0.25, -0.2) is 0 Å². The number of fused-ring (bicyclic) bond motifs is 4. The Kier molecular flexibility index (Phi) is 22.0. The second-order valence-corrected chi connectivity index (χ2v) is 27.2. The van der Waals surface area contributed by atoms with E-state index >= 15 is 0 Å². The van der Waals surface area contributed by atoms with E-state index in [4.69, 9.17) is 47.4 Å². The van der Waals surface area contributed by atoms with E-state index < -0.39 is 198 Å². The molecule has 27 nitrogen and oxygen atoms in total. The Labute approximate surface area is 512 Å². The van der Waals surface area contributed by atoms with Gasteiger partial charge in [-0.2, -0.15) is 0 Å². The number of aliphatic hydroxyl groups excluding tert-OH is 12. The molecule has 2 amide bonds. The molecule has 0 unspecified atom stereocenters. The Morgan fingerprint density at radius 3 is 1.82 bits per heavy atom. The maximum absolute atomic E-state index is 13.0. The molecule has 4 aliphatic carbocycles. The fourth-order valence-corrected chi connectivity index (χ4v) is 16.0. The van der Waals surface area contributed by atoms with E-state index in [1.165, 1.54) is 16.7 Å². The molecule has 14 N–H and O–H groups in total. The van der Waals surface area contributed by atoms with E-state index in [9.17, 15) is 75.7 Å². The highest BCUT2D eigenvalue weighted by Crippen LogP contribution is 2.67. The van der Waals surface area contributed by atoms with Crippen LogP contribution in [0.15, 0.2) is 34.4 Å². The Balaban J connectivity index is 0.975. The topological polar surface area (TPSA) is 410 Å². The van der Waals surface area contributed by atoms with Crippen LogP contribution in [0.3, 0.4) is 0 Å². The van der Waals surface area contributed by atoms with Crippen molar-refractivity contribution in [1.82, 2.24) is 10.6 Å².